The second-order valence-electron chi connectivity index (χ2n) is 10.0. The summed E-state index contributed by atoms with van der Waals surface area (Å²) < 4.78 is 43.2. The summed E-state index contributed by atoms with van der Waals surface area (Å²) in [5.74, 6) is -4.33. The quantitative estimate of drug-likeness (QED) is 0.536. The molecule has 5 heterocycles. The number of halogens is 3. The predicted octanol–water partition coefficient (Wildman–Crippen LogP) is 3.79. The monoisotopic (exact) mass is 545 g/mol. The Hall–Kier alpha value is -3.74. The molecule has 0 saturated carbocycles. The number of rotatable bonds is 3. The van der Waals surface area contributed by atoms with Crippen LogP contribution < -0.4 is 5.43 Å². The zero-order valence-corrected chi connectivity index (χ0v) is 21.2. The number of aromatic hydroxyl groups is 1. The second kappa shape index (κ2) is 8.65. The fourth-order valence-electron chi connectivity index (χ4n) is 5.60. The van der Waals surface area contributed by atoms with E-state index in [0.717, 1.165) is 17.0 Å². The minimum atomic E-state index is -1.06. The summed E-state index contributed by atoms with van der Waals surface area (Å²) in [4.78, 5) is 34.2. The molecule has 3 aliphatic rings. The van der Waals surface area contributed by atoms with Gasteiger partial charge in [0, 0.05) is 49.3 Å². The molecule has 1 N–H and O–H groups in total. The molecule has 9 nitrogen and oxygen atoms in total. The number of hydrogen-bond donors (Lipinski definition) is 1. The lowest BCUT2D eigenvalue weighted by molar-refractivity contribution is -0.0654. The van der Waals surface area contributed by atoms with E-state index in [1.165, 1.54) is 6.20 Å². The van der Waals surface area contributed by atoms with E-state index in [1.807, 2.05) is 13.8 Å². The standard InChI is InChI=1S/C25H22F3N5O4S/c1-11-8-25(37-31-11)4-3-12(2)32-10-18(25)33-9-15(21(34)22(35)20(33)24(32)36)23-30-29-19(38-23)7-14-16(27)5-13(26)6-17(14)28/h5-6,9,12,18,35H,3-4,7-8,10H2,1-2H3/t12-,18+,25?/m0/s1. The molecule has 0 radical (unpaired) electrons. The molecule has 38 heavy (non-hydrogen) atoms. The van der Waals surface area contributed by atoms with Gasteiger partial charge in [0.15, 0.2) is 22.1 Å². The Morgan fingerprint density at radius 1 is 1.21 bits per heavy atom. The topological polar surface area (TPSA) is 110 Å². The molecule has 3 atom stereocenters. The van der Waals surface area contributed by atoms with E-state index in [-0.39, 0.29) is 39.3 Å². The van der Waals surface area contributed by atoms with Gasteiger partial charge in [-0.15, -0.1) is 10.2 Å². The molecular formula is C25H22F3N5O4S. The molecule has 3 aliphatic heterocycles. The van der Waals surface area contributed by atoms with E-state index >= 15 is 0 Å². The van der Waals surface area contributed by atoms with Crippen molar-refractivity contribution in [2.75, 3.05) is 6.54 Å². The molecule has 2 bridgehead atoms. The minimum Gasteiger partial charge on any atom is -0.503 e. The van der Waals surface area contributed by atoms with Crippen molar-refractivity contribution >= 4 is 23.0 Å². The molecule has 1 amide bonds. The molecular weight excluding hydrogens is 523 g/mol. The fraction of sp³-hybridized carbons (Fsp3) is 0.400. The van der Waals surface area contributed by atoms with Gasteiger partial charge in [0.25, 0.3) is 5.91 Å². The Bertz CT molecular complexity index is 1560. The maximum Gasteiger partial charge on any atom is 0.274 e. The first-order valence-corrected chi connectivity index (χ1v) is 12.9. The third-order valence-electron chi connectivity index (χ3n) is 7.57. The molecule has 0 aliphatic carbocycles. The number of carbonyl (C=O) groups excluding carboxylic acids is 1. The Morgan fingerprint density at radius 3 is 2.63 bits per heavy atom. The average molecular weight is 546 g/mol. The maximum atomic E-state index is 14.2. The van der Waals surface area contributed by atoms with Crippen molar-refractivity contribution in [1.82, 2.24) is 19.7 Å². The van der Waals surface area contributed by atoms with Crippen molar-refractivity contribution in [1.29, 1.82) is 0 Å². The first-order chi connectivity index (χ1) is 18.1. The van der Waals surface area contributed by atoms with Crippen LogP contribution in [0, 0.1) is 17.5 Å². The Balaban J connectivity index is 1.44. The summed E-state index contributed by atoms with van der Waals surface area (Å²) in [6.07, 6.45) is 2.97. The van der Waals surface area contributed by atoms with Gasteiger partial charge >= 0.3 is 0 Å². The Kier molecular flexibility index (Phi) is 5.60. The van der Waals surface area contributed by atoms with Crippen LogP contribution in [-0.4, -0.2) is 54.6 Å². The van der Waals surface area contributed by atoms with Crippen LogP contribution >= 0.6 is 11.3 Å². The SMILES string of the molecule is CC1=NOC2(CC[C@H](C)N3C[C@H]2n2cc(-c4nnc(Cc5c(F)cc(F)cc5F)s4)c(=O)c(O)c2C3=O)C1. The first kappa shape index (κ1) is 24.6. The van der Waals surface area contributed by atoms with Crippen LogP contribution in [0.2, 0.25) is 0 Å². The minimum absolute atomic E-state index is 0.0145. The lowest BCUT2D eigenvalue weighted by Gasteiger charge is -2.41. The molecule has 198 valence electrons. The fourth-order valence-corrected chi connectivity index (χ4v) is 6.46. The third-order valence-corrected chi connectivity index (χ3v) is 8.53. The van der Waals surface area contributed by atoms with E-state index in [4.69, 9.17) is 4.84 Å². The maximum absolute atomic E-state index is 14.2. The van der Waals surface area contributed by atoms with Gasteiger partial charge in [0.2, 0.25) is 5.43 Å². The van der Waals surface area contributed by atoms with Crippen LogP contribution in [0.1, 0.15) is 60.2 Å². The molecule has 1 aromatic carbocycles. The van der Waals surface area contributed by atoms with Gasteiger partial charge in [-0.05, 0) is 26.7 Å². The van der Waals surface area contributed by atoms with Crippen LogP contribution in [-0.2, 0) is 11.3 Å². The van der Waals surface area contributed by atoms with Crippen molar-refractivity contribution < 1.29 is 27.9 Å². The van der Waals surface area contributed by atoms with Crippen LogP contribution in [0.3, 0.4) is 0 Å². The van der Waals surface area contributed by atoms with E-state index in [2.05, 4.69) is 15.4 Å². The van der Waals surface area contributed by atoms with Crippen LogP contribution in [0.4, 0.5) is 13.2 Å². The lowest BCUT2D eigenvalue weighted by atomic mass is 9.84. The predicted molar refractivity (Wildman–Crippen MR) is 131 cm³/mol. The molecule has 13 heteroatoms. The highest BCUT2D eigenvalue weighted by molar-refractivity contribution is 7.14. The Labute approximate surface area is 218 Å². The number of hydrogen-bond acceptors (Lipinski definition) is 8. The van der Waals surface area contributed by atoms with Crippen molar-refractivity contribution in [3.05, 3.63) is 62.3 Å². The second-order valence-corrected chi connectivity index (χ2v) is 11.1. The summed E-state index contributed by atoms with van der Waals surface area (Å²) in [7, 11) is 0. The highest BCUT2D eigenvalue weighted by Gasteiger charge is 2.53. The molecule has 1 unspecified atom stereocenters. The number of amides is 1. The number of nitrogens with zero attached hydrogens (tertiary/aromatic N) is 5. The highest BCUT2D eigenvalue weighted by Crippen LogP contribution is 2.46. The summed E-state index contributed by atoms with van der Waals surface area (Å²) in [5.41, 5.74) is -1.29. The molecule has 6 rings (SSSR count). The largest absolute Gasteiger partial charge is 0.503 e. The average Bonchev–Trinajstić information content (AvgIpc) is 3.46. The van der Waals surface area contributed by atoms with Gasteiger partial charge in [0.1, 0.15) is 22.5 Å². The van der Waals surface area contributed by atoms with Crippen LogP contribution in [0.15, 0.2) is 28.3 Å². The molecule has 3 aromatic rings. The summed E-state index contributed by atoms with van der Waals surface area (Å²) >= 11 is 0.906. The Morgan fingerprint density at radius 2 is 1.95 bits per heavy atom. The van der Waals surface area contributed by atoms with E-state index in [9.17, 15) is 27.9 Å². The number of oxime groups is 1. The van der Waals surface area contributed by atoms with Crippen LogP contribution in [0.25, 0.3) is 10.6 Å². The smallest absolute Gasteiger partial charge is 0.274 e. The molecule has 1 fully saturated rings. The van der Waals surface area contributed by atoms with Gasteiger partial charge < -0.3 is 19.4 Å². The zero-order chi connectivity index (χ0) is 26.9. The highest BCUT2D eigenvalue weighted by atomic mass is 32.1. The number of aromatic nitrogens is 3. The zero-order valence-electron chi connectivity index (χ0n) is 20.4. The van der Waals surface area contributed by atoms with Gasteiger partial charge in [-0.25, -0.2) is 13.2 Å². The number of benzene rings is 1. The summed E-state index contributed by atoms with van der Waals surface area (Å²) in [6.45, 7) is 4.09. The summed E-state index contributed by atoms with van der Waals surface area (Å²) in [6, 6.07) is 0.583. The first-order valence-electron chi connectivity index (χ1n) is 12.0. The van der Waals surface area contributed by atoms with Crippen molar-refractivity contribution in [2.45, 2.75) is 57.2 Å². The van der Waals surface area contributed by atoms with Gasteiger partial charge in [0.05, 0.1) is 17.3 Å². The van der Waals surface area contributed by atoms with Gasteiger partial charge in [-0.2, -0.15) is 0 Å². The third kappa shape index (κ3) is 3.70. The number of carbonyl (C=O) groups is 1. The van der Waals surface area contributed by atoms with Crippen molar-refractivity contribution in [3.8, 4) is 16.3 Å². The molecule has 1 spiro atoms. The molecule has 1 saturated heterocycles. The summed E-state index contributed by atoms with van der Waals surface area (Å²) in [5, 5.41) is 23.4. The van der Waals surface area contributed by atoms with Crippen molar-refractivity contribution in [3.63, 3.8) is 0 Å². The van der Waals surface area contributed by atoms with Gasteiger partial charge in [-0.1, -0.05) is 16.5 Å². The lowest BCUT2D eigenvalue weighted by Crippen LogP contribution is -2.52. The van der Waals surface area contributed by atoms with Crippen LogP contribution in [0.5, 0.6) is 5.75 Å². The van der Waals surface area contributed by atoms with Gasteiger partial charge in [-0.3, -0.25) is 9.59 Å². The van der Waals surface area contributed by atoms with Crippen molar-refractivity contribution in [2.24, 2.45) is 5.16 Å². The van der Waals surface area contributed by atoms with E-state index in [1.54, 1.807) is 9.47 Å². The number of fused-ring (bicyclic) bond motifs is 5. The normalized spacial score (nSPS) is 24.3. The van der Waals surface area contributed by atoms with E-state index < -0.39 is 46.2 Å². The van der Waals surface area contributed by atoms with E-state index in [0.29, 0.717) is 37.9 Å². The molecule has 2 aromatic heterocycles. The number of pyridine rings is 1.